The Bertz CT molecular complexity index is 610. The molecule has 0 aliphatic carbocycles. The van der Waals surface area contributed by atoms with Crippen LogP contribution in [0.15, 0.2) is 23.2 Å². The number of amides is 2. The van der Waals surface area contributed by atoms with E-state index in [0.717, 1.165) is 0 Å². The fourth-order valence-corrected chi connectivity index (χ4v) is 1.72. The summed E-state index contributed by atoms with van der Waals surface area (Å²) in [4.78, 5) is 27.1. The van der Waals surface area contributed by atoms with Crippen molar-refractivity contribution in [2.75, 3.05) is 6.61 Å². The molecule has 0 unspecified atom stereocenters. The number of halogens is 1. The first-order valence-corrected chi connectivity index (χ1v) is 6.86. The molecule has 0 saturated heterocycles. The minimum atomic E-state index is -0.886. The zero-order valence-electron chi connectivity index (χ0n) is 12.4. The fraction of sp³-hybridized carbons (Fsp3) is 0.357. The van der Waals surface area contributed by atoms with E-state index in [0.29, 0.717) is 5.56 Å². The Morgan fingerprint density at radius 2 is 2.00 bits per heavy atom. The summed E-state index contributed by atoms with van der Waals surface area (Å²) < 4.78 is 0. The lowest BCUT2D eigenvalue weighted by atomic mass is 9.93. The zero-order valence-corrected chi connectivity index (χ0v) is 13.1. The number of aliphatic imine (C=N–C) groups is 1. The molecule has 120 valence electrons. The van der Waals surface area contributed by atoms with Crippen molar-refractivity contribution >= 4 is 29.4 Å². The Labute approximate surface area is 133 Å². The average molecular weight is 327 g/mol. The van der Waals surface area contributed by atoms with Crippen LogP contribution in [0, 0.1) is 5.41 Å². The number of nitrogens with one attached hydrogen (secondary N) is 1. The predicted molar refractivity (Wildman–Crippen MR) is 84.3 cm³/mol. The Balaban J connectivity index is 2.89. The summed E-state index contributed by atoms with van der Waals surface area (Å²) >= 11 is 5.94. The number of aliphatic hydroxyl groups excluding tert-OH is 1. The van der Waals surface area contributed by atoms with Gasteiger partial charge in [0.1, 0.15) is 0 Å². The van der Waals surface area contributed by atoms with E-state index >= 15 is 0 Å². The maximum absolute atomic E-state index is 11.9. The Morgan fingerprint density at radius 3 is 2.55 bits per heavy atom. The molecule has 0 aliphatic heterocycles. The van der Waals surface area contributed by atoms with Gasteiger partial charge in [-0.25, -0.2) is 0 Å². The van der Waals surface area contributed by atoms with Gasteiger partial charge in [0.05, 0.1) is 22.6 Å². The number of benzene rings is 1. The molecule has 1 rings (SSSR count). The van der Waals surface area contributed by atoms with Crippen LogP contribution in [0.4, 0.5) is 0 Å². The van der Waals surface area contributed by atoms with Gasteiger partial charge in [0.2, 0.25) is 5.91 Å². The Kier molecular flexibility index (Phi) is 5.90. The van der Waals surface area contributed by atoms with Crippen molar-refractivity contribution in [1.82, 2.24) is 5.32 Å². The fourth-order valence-electron chi connectivity index (χ4n) is 1.52. The van der Waals surface area contributed by atoms with Crippen molar-refractivity contribution < 1.29 is 14.7 Å². The first kappa shape index (κ1) is 17.9. The summed E-state index contributed by atoms with van der Waals surface area (Å²) in [7, 11) is 0. The molecule has 2 amide bonds. The number of aliphatic hydroxyl groups is 1. The second kappa shape index (κ2) is 7.24. The molecule has 0 radical (unpaired) electrons. The van der Waals surface area contributed by atoms with E-state index in [1.807, 2.05) is 0 Å². The molecule has 1 aromatic rings. The van der Waals surface area contributed by atoms with Crippen LogP contribution < -0.4 is 16.8 Å². The van der Waals surface area contributed by atoms with Gasteiger partial charge in [-0.1, -0.05) is 17.7 Å². The molecular formula is C14H19ClN4O3. The largest absolute Gasteiger partial charge is 0.395 e. The second-order valence-corrected chi connectivity index (χ2v) is 5.79. The van der Waals surface area contributed by atoms with Gasteiger partial charge < -0.3 is 21.9 Å². The number of carbonyl (C=O) groups excluding carboxylic acids is 2. The smallest absolute Gasteiger partial charge is 0.281 e. The molecule has 0 aromatic heterocycles. The minimum Gasteiger partial charge on any atom is -0.395 e. The molecule has 0 heterocycles. The van der Waals surface area contributed by atoms with Crippen molar-refractivity contribution in [2.24, 2.45) is 21.9 Å². The molecule has 0 saturated carbocycles. The van der Waals surface area contributed by atoms with Gasteiger partial charge in [0.25, 0.3) is 5.91 Å². The molecule has 6 N–H and O–H groups in total. The van der Waals surface area contributed by atoms with E-state index in [1.165, 1.54) is 12.1 Å². The highest BCUT2D eigenvalue weighted by Crippen LogP contribution is 2.19. The van der Waals surface area contributed by atoms with Crippen molar-refractivity contribution in [3.63, 3.8) is 0 Å². The number of nitrogens with zero attached hydrogens (tertiary/aromatic N) is 1. The third-order valence-electron chi connectivity index (χ3n) is 2.95. The molecule has 7 nitrogen and oxygen atoms in total. The molecule has 0 bridgehead atoms. The van der Waals surface area contributed by atoms with Gasteiger partial charge in [0, 0.05) is 6.54 Å². The van der Waals surface area contributed by atoms with Gasteiger partial charge in [-0.15, -0.1) is 0 Å². The van der Waals surface area contributed by atoms with E-state index in [2.05, 4.69) is 10.3 Å². The lowest BCUT2D eigenvalue weighted by molar-refractivity contribution is -0.131. The van der Waals surface area contributed by atoms with Crippen LogP contribution in [0.1, 0.15) is 29.8 Å². The topological polar surface area (TPSA) is 131 Å². The molecule has 1 aromatic carbocycles. The third kappa shape index (κ3) is 4.71. The van der Waals surface area contributed by atoms with Crippen LogP contribution in [0.2, 0.25) is 5.02 Å². The van der Waals surface area contributed by atoms with Gasteiger partial charge in [-0.3, -0.25) is 9.59 Å². The maximum Gasteiger partial charge on any atom is 0.281 e. The minimum absolute atomic E-state index is 0.142. The van der Waals surface area contributed by atoms with Gasteiger partial charge in [-0.05, 0) is 31.5 Å². The van der Waals surface area contributed by atoms with Crippen molar-refractivity contribution in [3.05, 3.63) is 34.3 Å². The predicted octanol–water partition coefficient (Wildman–Crippen LogP) is 0.388. The molecular weight excluding hydrogens is 308 g/mol. The zero-order chi connectivity index (χ0) is 16.9. The highest BCUT2D eigenvalue weighted by atomic mass is 35.5. The molecule has 0 aliphatic rings. The summed E-state index contributed by atoms with van der Waals surface area (Å²) in [5.41, 5.74) is 10.2. The van der Waals surface area contributed by atoms with Gasteiger partial charge in [0.15, 0.2) is 5.96 Å². The van der Waals surface area contributed by atoms with E-state index in [4.69, 9.17) is 28.2 Å². The highest BCUT2D eigenvalue weighted by Gasteiger charge is 2.26. The Hall–Kier alpha value is -2.12. The monoisotopic (exact) mass is 326 g/mol. The maximum atomic E-state index is 11.9. The first-order chi connectivity index (χ1) is 10.2. The number of nitrogens with two attached hydrogens (primary N) is 2. The lowest BCUT2D eigenvalue weighted by Crippen LogP contribution is -2.38. The van der Waals surface area contributed by atoms with E-state index in [9.17, 15) is 9.59 Å². The van der Waals surface area contributed by atoms with Crippen molar-refractivity contribution in [1.29, 1.82) is 0 Å². The average Bonchev–Trinajstić information content (AvgIpc) is 2.45. The van der Waals surface area contributed by atoms with Gasteiger partial charge >= 0.3 is 0 Å². The number of rotatable bonds is 5. The molecule has 22 heavy (non-hydrogen) atoms. The summed E-state index contributed by atoms with van der Waals surface area (Å²) in [6.07, 6.45) is 0. The number of guanidine groups is 1. The van der Waals surface area contributed by atoms with Crippen molar-refractivity contribution in [2.45, 2.75) is 20.4 Å². The summed E-state index contributed by atoms with van der Waals surface area (Å²) in [5, 5.41) is 12.0. The lowest BCUT2D eigenvalue weighted by Gasteiger charge is -2.20. The molecule has 8 heteroatoms. The summed E-state index contributed by atoms with van der Waals surface area (Å²) in [5.74, 6) is -1.32. The van der Waals surface area contributed by atoms with E-state index in [1.54, 1.807) is 19.9 Å². The standard InChI is InChI=1S/C14H19ClN4O3/c1-14(2,7-20)12(22)18-6-8-3-4-10(15)9(5-8)11(21)19-13(16)17/h3-5,20H,6-7H2,1-2H3,(H,18,22)(H4,16,17,19,21). The number of hydrogen-bond acceptors (Lipinski definition) is 3. The van der Waals surface area contributed by atoms with Crippen LogP contribution in [0.5, 0.6) is 0 Å². The quantitative estimate of drug-likeness (QED) is 0.459. The van der Waals surface area contributed by atoms with Crippen LogP contribution in [0.25, 0.3) is 0 Å². The first-order valence-electron chi connectivity index (χ1n) is 6.49. The SMILES string of the molecule is CC(C)(CO)C(=O)NCc1ccc(Cl)c(C(=O)N=C(N)N)c1. The van der Waals surface area contributed by atoms with E-state index < -0.39 is 11.3 Å². The highest BCUT2D eigenvalue weighted by molar-refractivity contribution is 6.34. The third-order valence-corrected chi connectivity index (χ3v) is 3.28. The van der Waals surface area contributed by atoms with E-state index in [-0.39, 0.29) is 35.6 Å². The number of carbonyl (C=O) groups is 2. The summed E-state index contributed by atoms with van der Waals surface area (Å²) in [6.45, 7) is 3.16. The normalized spacial score (nSPS) is 10.9. The van der Waals surface area contributed by atoms with Crippen LogP contribution in [-0.2, 0) is 11.3 Å². The van der Waals surface area contributed by atoms with Gasteiger partial charge in [-0.2, -0.15) is 4.99 Å². The van der Waals surface area contributed by atoms with Crippen LogP contribution in [0.3, 0.4) is 0 Å². The molecule has 0 fully saturated rings. The van der Waals surface area contributed by atoms with Crippen LogP contribution >= 0.6 is 11.6 Å². The number of hydrogen-bond donors (Lipinski definition) is 4. The Morgan fingerprint density at radius 1 is 1.36 bits per heavy atom. The summed E-state index contributed by atoms with van der Waals surface area (Å²) in [6, 6.07) is 4.69. The molecule has 0 atom stereocenters. The second-order valence-electron chi connectivity index (χ2n) is 5.38. The van der Waals surface area contributed by atoms with Crippen molar-refractivity contribution in [3.8, 4) is 0 Å². The molecule has 0 spiro atoms. The van der Waals surface area contributed by atoms with Crippen LogP contribution in [-0.4, -0.2) is 29.5 Å².